The highest BCUT2D eigenvalue weighted by Crippen LogP contribution is 2.10. The number of carbonyl (C=O) groups is 1. The van der Waals surface area contributed by atoms with Crippen molar-refractivity contribution < 1.29 is 18.0 Å². The van der Waals surface area contributed by atoms with Crippen LogP contribution < -0.4 is 5.32 Å². The van der Waals surface area contributed by atoms with E-state index in [0.29, 0.717) is 5.56 Å². The molecule has 0 spiro atoms. The molecule has 1 amide bonds. The van der Waals surface area contributed by atoms with Gasteiger partial charge in [-0.1, -0.05) is 12.1 Å². The van der Waals surface area contributed by atoms with Gasteiger partial charge < -0.3 is 5.32 Å². The summed E-state index contributed by atoms with van der Waals surface area (Å²) in [6.07, 6.45) is 0.238. The molecule has 1 N–H and O–H groups in total. The van der Waals surface area contributed by atoms with Gasteiger partial charge >= 0.3 is 0 Å². The fraction of sp³-hybridized carbons (Fsp3) is 0.188. The van der Waals surface area contributed by atoms with Crippen molar-refractivity contribution in [1.29, 1.82) is 0 Å². The van der Waals surface area contributed by atoms with Gasteiger partial charge in [-0.25, -0.2) is 13.2 Å². The Bertz CT molecular complexity index is 643. The van der Waals surface area contributed by atoms with E-state index in [4.69, 9.17) is 0 Å². The van der Waals surface area contributed by atoms with Gasteiger partial charge in [0.05, 0.1) is 6.42 Å². The van der Waals surface area contributed by atoms with Crippen molar-refractivity contribution in [2.75, 3.05) is 6.54 Å². The summed E-state index contributed by atoms with van der Waals surface area (Å²) in [5.74, 6) is -1.71. The monoisotopic (exact) mass is 293 g/mol. The summed E-state index contributed by atoms with van der Waals surface area (Å²) in [4.78, 5) is 11.7. The van der Waals surface area contributed by atoms with E-state index in [-0.39, 0.29) is 30.9 Å². The minimum Gasteiger partial charge on any atom is -0.355 e. The molecule has 0 aliphatic heterocycles. The fourth-order valence-electron chi connectivity index (χ4n) is 1.97. The fourth-order valence-corrected chi connectivity index (χ4v) is 1.97. The lowest BCUT2D eigenvalue weighted by Crippen LogP contribution is -2.27. The number of halogens is 3. The number of nitrogens with one attached hydrogen (secondary N) is 1. The summed E-state index contributed by atoms with van der Waals surface area (Å²) in [6.45, 7) is 0.189. The second-order valence-electron chi connectivity index (χ2n) is 4.64. The zero-order valence-corrected chi connectivity index (χ0v) is 11.2. The lowest BCUT2D eigenvalue weighted by atomic mass is 10.1. The topological polar surface area (TPSA) is 29.1 Å². The number of hydrogen-bond acceptors (Lipinski definition) is 1. The van der Waals surface area contributed by atoms with Crippen molar-refractivity contribution in [3.8, 4) is 0 Å². The van der Waals surface area contributed by atoms with Crippen LogP contribution in [-0.4, -0.2) is 12.5 Å². The SMILES string of the molecule is O=C(Cc1cccc(F)c1)NCCc1cc(F)ccc1F. The molecule has 21 heavy (non-hydrogen) atoms. The van der Waals surface area contributed by atoms with Crippen molar-refractivity contribution >= 4 is 5.91 Å². The molecule has 0 aliphatic rings. The van der Waals surface area contributed by atoms with E-state index in [1.54, 1.807) is 6.07 Å². The predicted molar refractivity (Wildman–Crippen MR) is 73.2 cm³/mol. The van der Waals surface area contributed by atoms with E-state index in [9.17, 15) is 18.0 Å². The first kappa shape index (κ1) is 15.1. The van der Waals surface area contributed by atoms with Gasteiger partial charge in [0.2, 0.25) is 5.91 Å². The van der Waals surface area contributed by atoms with E-state index in [2.05, 4.69) is 5.32 Å². The maximum absolute atomic E-state index is 13.4. The largest absolute Gasteiger partial charge is 0.355 e. The molecule has 0 bridgehead atoms. The van der Waals surface area contributed by atoms with Crippen molar-refractivity contribution in [3.05, 3.63) is 71.0 Å². The van der Waals surface area contributed by atoms with E-state index in [1.807, 2.05) is 0 Å². The average Bonchev–Trinajstić information content (AvgIpc) is 2.42. The molecule has 5 heteroatoms. The molecule has 0 aromatic heterocycles. The molecule has 2 aromatic carbocycles. The van der Waals surface area contributed by atoms with Gasteiger partial charge in [0.1, 0.15) is 17.5 Å². The minimum absolute atomic E-state index is 0.0450. The smallest absolute Gasteiger partial charge is 0.224 e. The van der Waals surface area contributed by atoms with Crippen LogP contribution in [0.2, 0.25) is 0 Å². The molecule has 0 saturated carbocycles. The Kier molecular flexibility index (Phi) is 4.98. The van der Waals surface area contributed by atoms with Gasteiger partial charge in [-0.05, 0) is 47.9 Å². The first-order valence-electron chi connectivity index (χ1n) is 6.49. The highest BCUT2D eigenvalue weighted by Gasteiger charge is 2.06. The van der Waals surface area contributed by atoms with Crippen LogP contribution in [0.1, 0.15) is 11.1 Å². The molecule has 2 nitrogen and oxygen atoms in total. The molecule has 0 atom stereocenters. The van der Waals surface area contributed by atoms with Crippen LogP contribution in [0, 0.1) is 17.5 Å². The van der Waals surface area contributed by atoms with Crippen LogP contribution in [0.5, 0.6) is 0 Å². The summed E-state index contributed by atoms with van der Waals surface area (Å²) in [7, 11) is 0. The molecular weight excluding hydrogens is 279 g/mol. The second kappa shape index (κ2) is 6.92. The Balaban J connectivity index is 1.83. The predicted octanol–water partition coefficient (Wildman–Crippen LogP) is 3.01. The summed E-state index contributed by atoms with van der Waals surface area (Å²) in [6, 6.07) is 8.96. The molecule has 0 heterocycles. The summed E-state index contributed by atoms with van der Waals surface area (Å²) in [5.41, 5.74) is 0.769. The van der Waals surface area contributed by atoms with Crippen LogP contribution in [0.25, 0.3) is 0 Å². The van der Waals surface area contributed by atoms with Crippen LogP contribution in [0.3, 0.4) is 0 Å². The average molecular weight is 293 g/mol. The van der Waals surface area contributed by atoms with Crippen molar-refractivity contribution in [2.24, 2.45) is 0 Å². The quantitative estimate of drug-likeness (QED) is 0.902. The zero-order valence-electron chi connectivity index (χ0n) is 11.2. The van der Waals surface area contributed by atoms with Gasteiger partial charge in [0, 0.05) is 6.54 Å². The highest BCUT2D eigenvalue weighted by molar-refractivity contribution is 5.78. The van der Waals surface area contributed by atoms with Gasteiger partial charge in [0.25, 0.3) is 0 Å². The molecule has 0 aliphatic carbocycles. The zero-order chi connectivity index (χ0) is 15.2. The third-order valence-corrected chi connectivity index (χ3v) is 2.98. The Morgan fingerprint density at radius 1 is 1.00 bits per heavy atom. The Hall–Kier alpha value is -2.30. The normalized spacial score (nSPS) is 10.4. The number of carbonyl (C=O) groups excluding carboxylic acids is 1. The lowest BCUT2D eigenvalue weighted by molar-refractivity contribution is -0.120. The highest BCUT2D eigenvalue weighted by atomic mass is 19.1. The first-order valence-corrected chi connectivity index (χ1v) is 6.49. The minimum atomic E-state index is -0.516. The van der Waals surface area contributed by atoms with Gasteiger partial charge in [-0.2, -0.15) is 0 Å². The van der Waals surface area contributed by atoms with E-state index < -0.39 is 17.5 Å². The third kappa shape index (κ3) is 4.63. The van der Waals surface area contributed by atoms with Gasteiger partial charge in [-0.3, -0.25) is 4.79 Å². The molecule has 2 aromatic rings. The third-order valence-electron chi connectivity index (χ3n) is 2.98. The van der Waals surface area contributed by atoms with Crippen LogP contribution in [0.15, 0.2) is 42.5 Å². The molecule has 0 saturated heterocycles. The maximum atomic E-state index is 13.4. The van der Waals surface area contributed by atoms with Gasteiger partial charge in [-0.15, -0.1) is 0 Å². The summed E-state index contributed by atoms with van der Waals surface area (Å²) < 4.78 is 39.3. The molecule has 0 unspecified atom stereocenters. The maximum Gasteiger partial charge on any atom is 0.224 e. The number of hydrogen-bond donors (Lipinski definition) is 1. The van der Waals surface area contributed by atoms with Crippen LogP contribution in [0.4, 0.5) is 13.2 Å². The van der Waals surface area contributed by atoms with E-state index >= 15 is 0 Å². The van der Waals surface area contributed by atoms with Crippen molar-refractivity contribution in [3.63, 3.8) is 0 Å². The Morgan fingerprint density at radius 2 is 1.76 bits per heavy atom. The van der Waals surface area contributed by atoms with Crippen molar-refractivity contribution in [2.45, 2.75) is 12.8 Å². The molecule has 0 fully saturated rings. The standard InChI is InChI=1S/C16H14F3NO/c17-13-3-1-2-11(8-13)9-16(21)20-7-6-12-10-14(18)4-5-15(12)19/h1-5,8,10H,6-7,9H2,(H,20,21). The summed E-state index contributed by atoms with van der Waals surface area (Å²) in [5, 5.41) is 2.60. The number of amides is 1. The van der Waals surface area contributed by atoms with Crippen LogP contribution in [-0.2, 0) is 17.6 Å². The van der Waals surface area contributed by atoms with E-state index in [1.165, 1.54) is 18.2 Å². The molecule has 110 valence electrons. The van der Waals surface area contributed by atoms with Crippen LogP contribution >= 0.6 is 0 Å². The molecule has 0 radical (unpaired) electrons. The Morgan fingerprint density at radius 3 is 2.52 bits per heavy atom. The number of benzene rings is 2. The first-order chi connectivity index (χ1) is 10.0. The molecule has 2 rings (SSSR count). The summed E-state index contributed by atoms with van der Waals surface area (Å²) >= 11 is 0. The molecular formula is C16H14F3NO. The van der Waals surface area contributed by atoms with E-state index in [0.717, 1.165) is 18.2 Å². The van der Waals surface area contributed by atoms with Crippen molar-refractivity contribution in [1.82, 2.24) is 5.32 Å². The lowest BCUT2D eigenvalue weighted by Gasteiger charge is -2.06. The second-order valence-corrected chi connectivity index (χ2v) is 4.64. The number of rotatable bonds is 5. The van der Waals surface area contributed by atoms with Gasteiger partial charge in [0.15, 0.2) is 0 Å². The Labute approximate surface area is 120 Å².